The van der Waals surface area contributed by atoms with Gasteiger partial charge in [-0.05, 0) is 50.9 Å². The minimum Gasteiger partial charge on any atom is -0.0879 e. The van der Waals surface area contributed by atoms with Gasteiger partial charge in [-0.15, -0.1) is 0 Å². The molecule has 0 spiro atoms. The van der Waals surface area contributed by atoms with Gasteiger partial charge in [0, 0.05) is 0 Å². The number of allylic oxidation sites excluding steroid dienone is 4. The molecule has 0 amide bonds. The Morgan fingerprint density at radius 3 is 2.15 bits per heavy atom. The first kappa shape index (κ1) is 15.9. The van der Waals surface area contributed by atoms with E-state index in [1.165, 1.54) is 96.3 Å². The summed E-state index contributed by atoms with van der Waals surface area (Å²) in [6.45, 7) is 0. The van der Waals surface area contributed by atoms with Crippen LogP contribution in [0.5, 0.6) is 0 Å². The Labute approximate surface area is 126 Å². The van der Waals surface area contributed by atoms with Crippen LogP contribution in [0.2, 0.25) is 0 Å². The van der Waals surface area contributed by atoms with Crippen molar-refractivity contribution >= 4 is 0 Å². The number of rotatable bonds is 1. The third kappa shape index (κ3) is 6.29. The lowest BCUT2D eigenvalue weighted by molar-refractivity contribution is 0.521. The Balaban J connectivity index is 1.96. The van der Waals surface area contributed by atoms with E-state index in [0.29, 0.717) is 0 Å². The van der Waals surface area contributed by atoms with Crippen molar-refractivity contribution in [2.75, 3.05) is 0 Å². The summed E-state index contributed by atoms with van der Waals surface area (Å²) < 4.78 is 0. The van der Waals surface area contributed by atoms with E-state index in [1.54, 1.807) is 5.57 Å². The zero-order chi connectivity index (χ0) is 13.9. The molecule has 1 unspecified atom stereocenters. The van der Waals surface area contributed by atoms with Gasteiger partial charge in [0.2, 0.25) is 0 Å². The summed E-state index contributed by atoms with van der Waals surface area (Å²) in [4.78, 5) is 0. The summed E-state index contributed by atoms with van der Waals surface area (Å²) in [7, 11) is 0. The van der Waals surface area contributed by atoms with Crippen molar-refractivity contribution in [1.29, 1.82) is 0 Å². The molecule has 114 valence electrons. The third-order valence-corrected chi connectivity index (χ3v) is 5.06. The molecule has 2 aliphatic rings. The standard InChI is InChI=1S/C20H34/c1-3-7-11-15-19(16-12-8-4-1)20-17-13-9-5-2-6-10-14-18-20/h11,15,17,19H,1-10,12-14,16,18H2/b15-11?,20-17+. The fourth-order valence-corrected chi connectivity index (χ4v) is 3.73. The highest BCUT2D eigenvalue weighted by molar-refractivity contribution is 5.14. The van der Waals surface area contributed by atoms with Crippen molar-refractivity contribution < 1.29 is 0 Å². The Kier molecular flexibility index (Phi) is 8.12. The quantitative estimate of drug-likeness (QED) is 0.453. The summed E-state index contributed by atoms with van der Waals surface area (Å²) in [5.74, 6) is 0.771. The van der Waals surface area contributed by atoms with E-state index in [0.717, 1.165) is 5.92 Å². The van der Waals surface area contributed by atoms with E-state index >= 15 is 0 Å². The minimum absolute atomic E-state index is 0.771. The molecule has 0 saturated heterocycles. The topological polar surface area (TPSA) is 0 Å². The average molecular weight is 274 g/mol. The van der Waals surface area contributed by atoms with Gasteiger partial charge in [-0.25, -0.2) is 0 Å². The molecular formula is C20H34. The number of hydrogen-bond acceptors (Lipinski definition) is 0. The van der Waals surface area contributed by atoms with Gasteiger partial charge in [-0.3, -0.25) is 0 Å². The normalized spacial score (nSPS) is 30.2. The maximum Gasteiger partial charge on any atom is -0.00233 e. The predicted molar refractivity (Wildman–Crippen MR) is 90.0 cm³/mol. The van der Waals surface area contributed by atoms with E-state index < -0.39 is 0 Å². The zero-order valence-electron chi connectivity index (χ0n) is 13.4. The Morgan fingerprint density at radius 2 is 1.30 bits per heavy atom. The van der Waals surface area contributed by atoms with Crippen molar-refractivity contribution in [2.45, 2.75) is 96.3 Å². The summed E-state index contributed by atoms with van der Waals surface area (Å²) in [6, 6.07) is 0. The van der Waals surface area contributed by atoms with Crippen molar-refractivity contribution in [3.63, 3.8) is 0 Å². The van der Waals surface area contributed by atoms with Crippen LogP contribution in [-0.2, 0) is 0 Å². The van der Waals surface area contributed by atoms with Gasteiger partial charge >= 0.3 is 0 Å². The molecule has 0 aromatic heterocycles. The first-order valence-electron chi connectivity index (χ1n) is 9.32. The first-order valence-corrected chi connectivity index (χ1v) is 9.32. The molecule has 2 aliphatic carbocycles. The van der Waals surface area contributed by atoms with Gasteiger partial charge in [-0.2, -0.15) is 0 Å². The predicted octanol–water partition coefficient (Wildman–Crippen LogP) is 6.96. The molecule has 0 nitrogen and oxygen atoms in total. The van der Waals surface area contributed by atoms with E-state index in [1.807, 2.05) is 0 Å². The van der Waals surface area contributed by atoms with Gasteiger partial charge in [0.05, 0.1) is 0 Å². The second-order valence-corrected chi connectivity index (χ2v) is 6.82. The van der Waals surface area contributed by atoms with Crippen molar-refractivity contribution in [1.82, 2.24) is 0 Å². The van der Waals surface area contributed by atoms with Crippen LogP contribution in [0.15, 0.2) is 23.8 Å². The molecular weight excluding hydrogens is 240 g/mol. The van der Waals surface area contributed by atoms with Crippen LogP contribution in [0.25, 0.3) is 0 Å². The van der Waals surface area contributed by atoms with E-state index in [-0.39, 0.29) is 0 Å². The minimum atomic E-state index is 0.771. The molecule has 0 bridgehead atoms. The first-order chi connectivity index (χ1) is 9.97. The lowest BCUT2D eigenvalue weighted by Crippen LogP contribution is -2.04. The SMILES string of the molecule is C1=CC(/C2=C/CCCCCCCC2)CCCCCCC1. The van der Waals surface area contributed by atoms with Crippen molar-refractivity contribution in [3.8, 4) is 0 Å². The van der Waals surface area contributed by atoms with Crippen LogP contribution >= 0.6 is 0 Å². The number of hydrogen-bond donors (Lipinski definition) is 0. The summed E-state index contributed by atoms with van der Waals surface area (Å²) in [5.41, 5.74) is 1.78. The maximum absolute atomic E-state index is 2.62. The average Bonchev–Trinajstić information content (AvgIpc) is 2.50. The second kappa shape index (κ2) is 10.2. The van der Waals surface area contributed by atoms with Crippen LogP contribution < -0.4 is 0 Å². The fourth-order valence-electron chi connectivity index (χ4n) is 3.73. The molecule has 20 heavy (non-hydrogen) atoms. The van der Waals surface area contributed by atoms with Crippen LogP contribution in [0.3, 0.4) is 0 Å². The van der Waals surface area contributed by atoms with Gasteiger partial charge in [0.1, 0.15) is 0 Å². The molecule has 0 saturated carbocycles. The van der Waals surface area contributed by atoms with Gasteiger partial charge in [0.25, 0.3) is 0 Å². The second-order valence-electron chi connectivity index (χ2n) is 6.82. The monoisotopic (exact) mass is 274 g/mol. The summed E-state index contributed by atoms with van der Waals surface area (Å²) in [6.07, 6.45) is 28.9. The van der Waals surface area contributed by atoms with E-state index in [9.17, 15) is 0 Å². The summed E-state index contributed by atoms with van der Waals surface area (Å²) in [5, 5.41) is 0. The van der Waals surface area contributed by atoms with Crippen LogP contribution in [0.4, 0.5) is 0 Å². The van der Waals surface area contributed by atoms with Crippen LogP contribution in [0, 0.1) is 5.92 Å². The molecule has 0 aliphatic heterocycles. The summed E-state index contributed by atoms with van der Waals surface area (Å²) >= 11 is 0. The Bertz CT molecular complexity index is 297. The molecule has 0 radical (unpaired) electrons. The molecule has 1 atom stereocenters. The Morgan fingerprint density at radius 1 is 0.650 bits per heavy atom. The lowest BCUT2D eigenvalue weighted by Gasteiger charge is -2.19. The third-order valence-electron chi connectivity index (χ3n) is 5.06. The van der Waals surface area contributed by atoms with Crippen molar-refractivity contribution in [3.05, 3.63) is 23.8 Å². The maximum atomic E-state index is 2.62. The van der Waals surface area contributed by atoms with E-state index in [2.05, 4.69) is 18.2 Å². The van der Waals surface area contributed by atoms with Crippen LogP contribution in [-0.4, -0.2) is 0 Å². The highest BCUT2D eigenvalue weighted by Gasteiger charge is 2.12. The molecule has 0 heterocycles. The lowest BCUT2D eigenvalue weighted by atomic mass is 9.86. The molecule has 0 aromatic rings. The molecule has 0 N–H and O–H groups in total. The Hall–Kier alpha value is -0.520. The molecule has 0 aromatic carbocycles. The highest BCUT2D eigenvalue weighted by atomic mass is 14.2. The van der Waals surface area contributed by atoms with Crippen LogP contribution in [0.1, 0.15) is 96.3 Å². The largest absolute Gasteiger partial charge is 0.0879 e. The van der Waals surface area contributed by atoms with Crippen molar-refractivity contribution in [2.24, 2.45) is 5.92 Å². The zero-order valence-corrected chi connectivity index (χ0v) is 13.4. The molecule has 2 rings (SSSR count). The van der Waals surface area contributed by atoms with E-state index in [4.69, 9.17) is 0 Å². The van der Waals surface area contributed by atoms with Gasteiger partial charge in [0.15, 0.2) is 0 Å². The molecule has 0 fully saturated rings. The van der Waals surface area contributed by atoms with Gasteiger partial charge < -0.3 is 0 Å². The fraction of sp³-hybridized carbons (Fsp3) is 0.800. The van der Waals surface area contributed by atoms with Gasteiger partial charge in [-0.1, -0.05) is 75.2 Å². The smallest absolute Gasteiger partial charge is 0.00233 e. The highest BCUT2D eigenvalue weighted by Crippen LogP contribution is 2.28. The molecule has 0 heteroatoms.